The summed E-state index contributed by atoms with van der Waals surface area (Å²) < 4.78 is 32.7. The second-order valence-electron chi connectivity index (χ2n) is 7.09. The van der Waals surface area contributed by atoms with Crippen molar-refractivity contribution in [2.24, 2.45) is 0 Å². The molecule has 0 spiro atoms. The first-order valence-corrected chi connectivity index (χ1v) is 9.15. The van der Waals surface area contributed by atoms with Crippen molar-refractivity contribution in [3.8, 4) is 17.0 Å². The number of nitrogens with one attached hydrogen (secondary N) is 1. The van der Waals surface area contributed by atoms with Gasteiger partial charge in [-0.15, -0.1) is 0 Å². The summed E-state index contributed by atoms with van der Waals surface area (Å²) in [5.74, 6) is -1.14. The van der Waals surface area contributed by atoms with Crippen LogP contribution in [0, 0.1) is 11.6 Å². The van der Waals surface area contributed by atoms with Gasteiger partial charge in [-0.3, -0.25) is 9.89 Å². The average Bonchev–Trinajstić information content (AvgIpc) is 3.33. The van der Waals surface area contributed by atoms with Crippen LogP contribution in [-0.2, 0) is 24.2 Å². The monoisotopic (exact) mass is 381 g/mol. The summed E-state index contributed by atoms with van der Waals surface area (Å²) in [6.45, 7) is 0.913. The molecular weight excluding hydrogens is 364 g/mol. The number of aromatic amines is 1. The Bertz CT molecular complexity index is 1050. The van der Waals surface area contributed by atoms with Gasteiger partial charge < -0.3 is 9.64 Å². The Hall–Kier alpha value is -3.22. The summed E-state index contributed by atoms with van der Waals surface area (Å²) in [4.78, 5) is 14.8. The minimum Gasteiger partial charge on any atom is -0.480 e. The van der Waals surface area contributed by atoms with Gasteiger partial charge in [0.2, 0.25) is 0 Å². The predicted molar refractivity (Wildman–Crippen MR) is 97.6 cm³/mol. The molecule has 0 saturated heterocycles. The van der Waals surface area contributed by atoms with Crippen molar-refractivity contribution in [2.45, 2.75) is 25.5 Å². The lowest BCUT2D eigenvalue weighted by Crippen LogP contribution is -2.43. The predicted octanol–water partition coefficient (Wildman–Crippen LogP) is 3.24. The number of fused-ring (bicyclic) bond motifs is 2. The number of amides is 1. The van der Waals surface area contributed by atoms with E-state index in [-0.39, 0.29) is 5.91 Å². The molecule has 0 bridgehead atoms. The first-order chi connectivity index (χ1) is 13.6. The Balaban J connectivity index is 1.39. The average molecular weight is 381 g/mol. The van der Waals surface area contributed by atoms with Gasteiger partial charge in [-0.2, -0.15) is 5.10 Å². The van der Waals surface area contributed by atoms with Gasteiger partial charge in [-0.1, -0.05) is 18.2 Å². The van der Waals surface area contributed by atoms with Crippen LogP contribution < -0.4 is 4.74 Å². The highest BCUT2D eigenvalue weighted by atomic mass is 19.2. The van der Waals surface area contributed by atoms with Gasteiger partial charge >= 0.3 is 0 Å². The molecule has 0 fully saturated rings. The van der Waals surface area contributed by atoms with E-state index in [0.29, 0.717) is 37.2 Å². The van der Waals surface area contributed by atoms with Crippen LogP contribution in [0.25, 0.3) is 11.3 Å². The van der Waals surface area contributed by atoms with Crippen LogP contribution in [0.3, 0.4) is 0 Å². The molecule has 3 aromatic rings. The van der Waals surface area contributed by atoms with Crippen molar-refractivity contribution >= 4 is 5.91 Å². The number of hydrogen-bond acceptors (Lipinski definition) is 3. The Morgan fingerprint density at radius 1 is 1.18 bits per heavy atom. The standard InChI is InChI=1S/C21H17F2N3O2/c22-15-6-5-13(9-16(15)23)20-14-11-26(8-7-17(14)24-25-20)21(27)19-10-12-3-1-2-4-18(12)28-19/h1-6,9,19H,7-8,10-11H2,(H,24,25). The number of aromatic nitrogens is 2. The molecule has 0 saturated carbocycles. The maximum Gasteiger partial charge on any atom is 0.264 e. The van der Waals surface area contributed by atoms with Crippen molar-refractivity contribution in [3.63, 3.8) is 0 Å². The lowest BCUT2D eigenvalue weighted by molar-refractivity contribution is -0.138. The molecule has 2 aliphatic rings. The molecule has 1 atom stereocenters. The quantitative estimate of drug-likeness (QED) is 0.741. The molecule has 3 heterocycles. The first-order valence-electron chi connectivity index (χ1n) is 9.15. The summed E-state index contributed by atoms with van der Waals surface area (Å²) in [5, 5.41) is 7.25. The van der Waals surface area contributed by atoms with Crippen LogP contribution in [0.1, 0.15) is 16.8 Å². The molecular formula is C21H17F2N3O2. The van der Waals surface area contributed by atoms with Gasteiger partial charge in [-0.25, -0.2) is 8.78 Å². The van der Waals surface area contributed by atoms with Crippen LogP contribution in [-0.4, -0.2) is 33.7 Å². The molecule has 2 aliphatic heterocycles. The van der Waals surface area contributed by atoms with Crippen LogP contribution in [0.15, 0.2) is 42.5 Å². The third-order valence-electron chi connectivity index (χ3n) is 5.36. The summed E-state index contributed by atoms with van der Waals surface area (Å²) in [5.41, 5.74) is 3.81. The molecule has 142 valence electrons. The molecule has 1 amide bonds. The van der Waals surface area contributed by atoms with Gasteiger partial charge in [0.1, 0.15) is 5.75 Å². The first kappa shape index (κ1) is 16.9. The summed E-state index contributed by atoms with van der Waals surface area (Å²) >= 11 is 0. The van der Waals surface area contributed by atoms with E-state index in [0.717, 1.165) is 34.7 Å². The fraction of sp³-hybridized carbons (Fsp3) is 0.238. The van der Waals surface area contributed by atoms with Gasteiger partial charge in [0.05, 0.1) is 5.69 Å². The smallest absolute Gasteiger partial charge is 0.264 e. The van der Waals surface area contributed by atoms with Crippen molar-refractivity contribution in [1.82, 2.24) is 15.1 Å². The Morgan fingerprint density at radius 3 is 2.86 bits per heavy atom. The molecule has 28 heavy (non-hydrogen) atoms. The van der Waals surface area contributed by atoms with E-state index in [1.54, 1.807) is 4.90 Å². The minimum absolute atomic E-state index is 0.0701. The van der Waals surface area contributed by atoms with Crippen LogP contribution in [0.4, 0.5) is 8.78 Å². The zero-order valence-electron chi connectivity index (χ0n) is 14.9. The van der Waals surface area contributed by atoms with Gasteiger partial charge in [0.15, 0.2) is 17.7 Å². The number of ether oxygens (including phenoxy) is 1. The number of rotatable bonds is 2. The lowest BCUT2D eigenvalue weighted by Gasteiger charge is -2.29. The van der Waals surface area contributed by atoms with E-state index < -0.39 is 17.7 Å². The number of benzene rings is 2. The van der Waals surface area contributed by atoms with Gasteiger partial charge in [-0.05, 0) is 29.8 Å². The summed E-state index contributed by atoms with van der Waals surface area (Å²) in [6.07, 6.45) is 0.648. The summed E-state index contributed by atoms with van der Waals surface area (Å²) in [7, 11) is 0. The van der Waals surface area contributed by atoms with E-state index >= 15 is 0 Å². The van der Waals surface area contributed by atoms with E-state index in [1.807, 2.05) is 24.3 Å². The van der Waals surface area contributed by atoms with Crippen LogP contribution in [0.5, 0.6) is 5.75 Å². The van der Waals surface area contributed by atoms with Crippen molar-refractivity contribution < 1.29 is 18.3 Å². The number of H-pyrrole nitrogens is 1. The topological polar surface area (TPSA) is 58.2 Å². The Kier molecular flexibility index (Phi) is 3.89. The molecule has 0 aliphatic carbocycles. The highest BCUT2D eigenvalue weighted by molar-refractivity contribution is 5.83. The maximum atomic E-state index is 13.6. The zero-order chi connectivity index (χ0) is 19.3. The molecule has 7 heteroatoms. The molecule has 5 nitrogen and oxygen atoms in total. The molecule has 2 aromatic carbocycles. The second-order valence-corrected chi connectivity index (χ2v) is 7.09. The fourth-order valence-corrected chi connectivity index (χ4v) is 3.89. The van der Waals surface area contributed by atoms with Crippen LogP contribution >= 0.6 is 0 Å². The molecule has 0 radical (unpaired) electrons. The number of nitrogens with zero attached hydrogens (tertiary/aromatic N) is 2. The Morgan fingerprint density at radius 2 is 2.04 bits per heavy atom. The third-order valence-corrected chi connectivity index (χ3v) is 5.36. The third kappa shape index (κ3) is 2.74. The van der Waals surface area contributed by atoms with E-state index in [4.69, 9.17) is 4.74 Å². The van der Waals surface area contributed by atoms with E-state index in [2.05, 4.69) is 10.2 Å². The second kappa shape index (κ2) is 6.44. The fourth-order valence-electron chi connectivity index (χ4n) is 3.89. The van der Waals surface area contributed by atoms with Crippen molar-refractivity contribution in [2.75, 3.05) is 6.54 Å². The number of halogens is 2. The normalized spacial score (nSPS) is 17.8. The lowest BCUT2D eigenvalue weighted by atomic mass is 10.00. The number of hydrogen-bond donors (Lipinski definition) is 1. The largest absolute Gasteiger partial charge is 0.480 e. The summed E-state index contributed by atoms with van der Waals surface area (Å²) in [6, 6.07) is 11.4. The number of carbonyl (C=O) groups is 1. The SMILES string of the molecule is O=C(C1Cc2ccccc2O1)N1CCc2[nH]nc(-c3ccc(F)c(F)c3)c2C1. The maximum absolute atomic E-state index is 13.6. The Labute approximate surface area is 159 Å². The van der Waals surface area contributed by atoms with Gasteiger partial charge in [0.25, 0.3) is 5.91 Å². The zero-order valence-corrected chi connectivity index (χ0v) is 14.9. The minimum atomic E-state index is -0.921. The molecule has 5 rings (SSSR count). The number of carbonyl (C=O) groups excluding carboxylic acids is 1. The molecule has 1 N–H and O–H groups in total. The molecule has 1 unspecified atom stereocenters. The van der Waals surface area contributed by atoms with Gasteiger partial charge in [0, 0.05) is 42.8 Å². The highest BCUT2D eigenvalue weighted by Crippen LogP contribution is 2.32. The van der Waals surface area contributed by atoms with E-state index in [9.17, 15) is 13.6 Å². The molecule has 1 aromatic heterocycles. The van der Waals surface area contributed by atoms with Crippen molar-refractivity contribution in [1.29, 1.82) is 0 Å². The van der Waals surface area contributed by atoms with Crippen LogP contribution in [0.2, 0.25) is 0 Å². The number of para-hydroxylation sites is 1. The van der Waals surface area contributed by atoms with E-state index in [1.165, 1.54) is 6.07 Å². The highest BCUT2D eigenvalue weighted by Gasteiger charge is 2.34. The van der Waals surface area contributed by atoms with Crippen molar-refractivity contribution in [3.05, 3.63) is 70.9 Å².